The van der Waals surface area contributed by atoms with E-state index < -0.39 is 5.54 Å². The van der Waals surface area contributed by atoms with Crippen molar-refractivity contribution in [1.29, 1.82) is 0 Å². The Bertz CT molecular complexity index is 563. The number of nitrogens with zero attached hydrogens (tertiary/aromatic N) is 1. The lowest BCUT2D eigenvalue weighted by Crippen LogP contribution is -2.45. The number of thiazole rings is 1. The molecule has 1 unspecified atom stereocenters. The second kappa shape index (κ2) is 5.50. The molecule has 3 N–H and O–H groups in total. The van der Waals surface area contributed by atoms with Crippen molar-refractivity contribution in [3.05, 3.63) is 47.0 Å². The van der Waals surface area contributed by atoms with E-state index in [4.69, 9.17) is 5.73 Å². The average Bonchev–Trinajstić information content (AvgIpc) is 2.87. The Morgan fingerprint density at radius 1 is 1.42 bits per heavy atom. The summed E-state index contributed by atoms with van der Waals surface area (Å²) >= 11 is 1.47. The fourth-order valence-corrected chi connectivity index (χ4v) is 2.42. The molecule has 2 rings (SSSR count). The number of carbonyl (C=O) groups is 1. The predicted molar refractivity (Wildman–Crippen MR) is 78.1 cm³/mol. The summed E-state index contributed by atoms with van der Waals surface area (Å²) in [6.45, 7) is 3.75. The fraction of sp³-hybridized carbons (Fsp3) is 0.286. The van der Waals surface area contributed by atoms with Gasteiger partial charge in [-0.15, -0.1) is 11.3 Å². The molecule has 0 radical (unpaired) electrons. The highest BCUT2D eigenvalue weighted by Crippen LogP contribution is 2.23. The first-order valence-electron chi connectivity index (χ1n) is 6.14. The molecule has 1 heterocycles. The van der Waals surface area contributed by atoms with E-state index in [0.717, 1.165) is 16.9 Å². The number of carbonyl (C=O) groups excluding carboxylic acids is 1. The number of benzene rings is 1. The molecule has 0 spiro atoms. The van der Waals surface area contributed by atoms with Crippen LogP contribution in [0.25, 0.3) is 0 Å². The van der Waals surface area contributed by atoms with Crippen molar-refractivity contribution < 1.29 is 4.79 Å². The third-order valence-electron chi connectivity index (χ3n) is 2.97. The van der Waals surface area contributed by atoms with E-state index in [1.54, 1.807) is 13.1 Å². The van der Waals surface area contributed by atoms with Crippen LogP contribution in [0, 0.1) is 0 Å². The van der Waals surface area contributed by atoms with Gasteiger partial charge in [0, 0.05) is 11.1 Å². The summed E-state index contributed by atoms with van der Waals surface area (Å²) in [6, 6.07) is 9.32. The molecule has 0 saturated heterocycles. The molecule has 100 valence electrons. The van der Waals surface area contributed by atoms with E-state index in [1.807, 2.05) is 30.3 Å². The van der Waals surface area contributed by atoms with Gasteiger partial charge in [0.05, 0.1) is 0 Å². The summed E-state index contributed by atoms with van der Waals surface area (Å²) in [7, 11) is 0. The lowest BCUT2D eigenvalue weighted by Gasteiger charge is -2.23. The Morgan fingerprint density at radius 3 is 2.68 bits per heavy atom. The molecule has 1 amide bonds. The zero-order valence-electron chi connectivity index (χ0n) is 11.0. The van der Waals surface area contributed by atoms with E-state index >= 15 is 0 Å². The van der Waals surface area contributed by atoms with Crippen LogP contribution < -0.4 is 11.1 Å². The first-order chi connectivity index (χ1) is 9.04. The maximum Gasteiger partial charge on any atom is 0.250 e. The Morgan fingerprint density at radius 2 is 2.11 bits per heavy atom. The normalized spacial score (nSPS) is 13.8. The third kappa shape index (κ3) is 3.00. The number of nitrogens with two attached hydrogens (primary N) is 1. The molecule has 2 aromatic rings. The van der Waals surface area contributed by atoms with Crippen molar-refractivity contribution in [2.45, 2.75) is 25.8 Å². The van der Waals surface area contributed by atoms with Crippen LogP contribution in [0.5, 0.6) is 0 Å². The van der Waals surface area contributed by atoms with E-state index in [-0.39, 0.29) is 5.91 Å². The minimum absolute atomic E-state index is 0.254. The molecule has 0 fully saturated rings. The van der Waals surface area contributed by atoms with Crippen LogP contribution in [0.1, 0.15) is 24.3 Å². The highest BCUT2D eigenvalue weighted by molar-refractivity contribution is 7.15. The summed E-state index contributed by atoms with van der Waals surface area (Å²) in [6.07, 6.45) is 2.68. The molecule has 0 saturated carbocycles. The maximum absolute atomic E-state index is 12.3. The molecule has 1 aromatic carbocycles. The van der Waals surface area contributed by atoms with Gasteiger partial charge in [-0.25, -0.2) is 4.98 Å². The summed E-state index contributed by atoms with van der Waals surface area (Å²) < 4.78 is 0. The molecule has 0 aliphatic rings. The first kappa shape index (κ1) is 13.7. The van der Waals surface area contributed by atoms with Crippen LogP contribution in [0.2, 0.25) is 0 Å². The lowest BCUT2D eigenvalue weighted by molar-refractivity contribution is -0.120. The summed E-state index contributed by atoms with van der Waals surface area (Å²) in [5.74, 6) is -0.254. The number of aromatic nitrogens is 1. The highest BCUT2D eigenvalue weighted by Gasteiger charge is 2.30. The zero-order valence-corrected chi connectivity index (χ0v) is 11.8. The van der Waals surface area contributed by atoms with Gasteiger partial charge < -0.3 is 11.1 Å². The number of amides is 1. The number of hydrogen-bond acceptors (Lipinski definition) is 4. The second-order valence-corrected chi connectivity index (χ2v) is 5.62. The number of hydrogen-bond donors (Lipinski definition) is 2. The predicted octanol–water partition coefficient (Wildman–Crippen LogP) is 2.52. The maximum atomic E-state index is 12.3. The van der Waals surface area contributed by atoms with Crippen LogP contribution in [-0.2, 0) is 16.8 Å². The standard InChI is InChI=1S/C14H17N3OS/c1-3-11-9-16-13(19-11)17-12(18)14(2,15)10-7-5-4-6-8-10/h4-9H,3,15H2,1-2H3,(H,16,17,18). The monoisotopic (exact) mass is 275 g/mol. The highest BCUT2D eigenvalue weighted by atomic mass is 32.1. The summed E-state index contributed by atoms with van der Waals surface area (Å²) in [4.78, 5) is 17.6. The Hall–Kier alpha value is -1.72. The minimum atomic E-state index is -1.07. The largest absolute Gasteiger partial charge is 0.314 e. The fourth-order valence-electron chi connectivity index (χ4n) is 1.67. The SMILES string of the molecule is CCc1cnc(NC(=O)C(C)(N)c2ccccc2)s1. The van der Waals surface area contributed by atoms with E-state index in [2.05, 4.69) is 17.2 Å². The Kier molecular flexibility index (Phi) is 3.97. The van der Waals surface area contributed by atoms with Crippen molar-refractivity contribution in [3.63, 3.8) is 0 Å². The van der Waals surface area contributed by atoms with Gasteiger partial charge in [0.2, 0.25) is 0 Å². The summed E-state index contributed by atoms with van der Waals surface area (Å²) in [5.41, 5.74) is 5.84. The Balaban J connectivity index is 2.15. The minimum Gasteiger partial charge on any atom is -0.314 e. The molecular weight excluding hydrogens is 258 g/mol. The number of nitrogens with one attached hydrogen (secondary N) is 1. The van der Waals surface area contributed by atoms with E-state index in [1.165, 1.54) is 11.3 Å². The Labute approximate surface area is 116 Å². The topological polar surface area (TPSA) is 68.0 Å². The van der Waals surface area contributed by atoms with E-state index in [0.29, 0.717) is 5.13 Å². The van der Waals surface area contributed by atoms with Gasteiger partial charge in [0.15, 0.2) is 5.13 Å². The number of aryl methyl sites for hydroxylation is 1. The molecular formula is C14H17N3OS. The molecule has 0 aliphatic carbocycles. The summed E-state index contributed by atoms with van der Waals surface area (Å²) in [5, 5.41) is 3.37. The van der Waals surface area contributed by atoms with Gasteiger partial charge in [0.25, 0.3) is 5.91 Å². The molecule has 1 atom stereocenters. The van der Waals surface area contributed by atoms with Gasteiger partial charge in [-0.1, -0.05) is 37.3 Å². The van der Waals surface area contributed by atoms with Crippen molar-refractivity contribution in [2.75, 3.05) is 5.32 Å². The number of anilines is 1. The molecule has 5 heteroatoms. The third-order valence-corrected chi connectivity index (χ3v) is 4.02. The van der Waals surface area contributed by atoms with Crippen LogP contribution in [0.4, 0.5) is 5.13 Å². The van der Waals surface area contributed by atoms with Crippen LogP contribution in [0.3, 0.4) is 0 Å². The average molecular weight is 275 g/mol. The smallest absolute Gasteiger partial charge is 0.250 e. The number of rotatable bonds is 4. The van der Waals surface area contributed by atoms with Gasteiger partial charge in [-0.2, -0.15) is 0 Å². The quantitative estimate of drug-likeness (QED) is 0.901. The van der Waals surface area contributed by atoms with Gasteiger partial charge in [-0.05, 0) is 18.9 Å². The van der Waals surface area contributed by atoms with Crippen molar-refractivity contribution in [3.8, 4) is 0 Å². The molecule has 1 aromatic heterocycles. The molecule has 0 bridgehead atoms. The van der Waals surface area contributed by atoms with Gasteiger partial charge in [-0.3, -0.25) is 4.79 Å². The first-order valence-corrected chi connectivity index (χ1v) is 6.96. The lowest BCUT2D eigenvalue weighted by atomic mass is 9.92. The van der Waals surface area contributed by atoms with Gasteiger partial charge in [0.1, 0.15) is 5.54 Å². The van der Waals surface area contributed by atoms with Crippen LogP contribution in [0.15, 0.2) is 36.5 Å². The van der Waals surface area contributed by atoms with E-state index in [9.17, 15) is 4.79 Å². The van der Waals surface area contributed by atoms with Crippen molar-refractivity contribution in [2.24, 2.45) is 5.73 Å². The second-order valence-electron chi connectivity index (χ2n) is 4.51. The van der Waals surface area contributed by atoms with Gasteiger partial charge >= 0.3 is 0 Å². The zero-order chi connectivity index (χ0) is 13.9. The van der Waals surface area contributed by atoms with Crippen LogP contribution in [-0.4, -0.2) is 10.9 Å². The van der Waals surface area contributed by atoms with Crippen molar-refractivity contribution >= 4 is 22.4 Å². The molecule has 19 heavy (non-hydrogen) atoms. The molecule has 4 nitrogen and oxygen atoms in total. The van der Waals surface area contributed by atoms with Crippen molar-refractivity contribution in [1.82, 2.24) is 4.98 Å². The van der Waals surface area contributed by atoms with Crippen LogP contribution >= 0.6 is 11.3 Å². The molecule has 0 aliphatic heterocycles.